The minimum absolute atomic E-state index is 0.0600. The molecule has 9 nitrogen and oxygen atoms in total. The van der Waals surface area contributed by atoms with Crippen molar-refractivity contribution in [3.05, 3.63) is 71.3 Å². The topological polar surface area (TPSA) is 116 Å². The predicted octanol–water partition coefficient (Wildman–Crippen LogP) is 3.48. The van der Waals surface area contributed by atoms with Crippen molar-refractivity contribution in [3.8, 4) is 28.7 Å². The van der Waals surface area contributed by atoms with Crippen molar-refractivity contribution in [2.45, 2.75) is 12.0 Å². The highest BCUT2D eigenvalue weighted by atomic mass is 16.7. The lowest BCUT2D eigenvalue weighted by molar-refractivity contribution is -0.125. The molecule has 0 saturated carbocycles. The van der Waals surface area contributed by atoms with Gasteiger partial charge in [0.1, 0.15) is 0 Å². The van der Waals surface area contributed by atoms with Crippen molar-refractivity contribution in [1.29, 1.82) is 0 Å². The van der Waals surface area contributed by atoms with E-state index < -0.39 is 30.5 Å². The molecule has 1 aliphatic heterocycles. The van der Waals surface area contributed by atoms with Crippen LogP contribution in [-0.2, 0) is 4.79 Å². The summed E-state index contributed by atoms with van der Waals surface area (Å²) in [4.78, 5) is 13.9. The summed E-state index contributed by atoms with van der Waals surface area (Å²) >= 11 is 0. The van der Waals surface area contributed by atoms with E-state index in [9.17, 15) is 15.0 Å². The van der Waals surface area contributed by atoms with Gasteiger partial charge in [0.25, 0.3) is 0 Å². The molecule has 194 valence electrons. The van der Waals surface area contributed by atoms with Gasteiger partial charge in [0.05, 0.1) is 33.4 Å². The number of nitrogens with one attached hydrogen (secondary N) is 1. The van der Waals surface area contributed by atoms with Crippen LogP contribution in [0.3, 0.4) is 0 Å². The zero-order chi connectivity index (χ0) is 26.1. The van der Waals surface area contributed by atoms with Crippen LogP contribution in [0.4, 0.5) is 5.69 Å². The number of anilines is 1. The number of ether oxygens (including phenoxy) is 5. The van der Waals surface area contributed by atoms with Crippen LogP contribution < -0.4 is 29.0 Å². The molecule has 0 fully saturated rings. The molecule has 0 radical (unpaired) electrons. The molecule has 3 aromatic rings. The van der Waals surface area contributed by atoms with E-state index in [0.717, 1.165) is 0 Å². The molecule has 1 aliphatic carbocycles. The Labute approximate surface area is 214 Å². The summed E-state index contributed by atoms with van der Waals surface area (Å²) in [6, 6.07) is 16.2. The van der Waals surface area contributed by atoms with E-state index in [1.54, 1.807) is 36.4 Å². The van der Waals surface area contributed by atoms with Crippen molar-refractivity contribution in [2.75, 3.05) is 40.0 Å². The zero-order valence-corrected chi connectivity index (χ0v) is 20.8. The van der Waals surface area contributed by atoms with Crippen molar-refractivity contribution in [2.24, 2.45) is 11.8 Å². The van der Waals surface area contributed by atoms with E-state index in [4.69, 9.17) is 23.7 Å². The summed E-state index contributed by atoms with van der Waals surface area (Å²) < 4.78 is 27.9. The Morgan fingerprint density at radius 1 is 0.946 bits per heavy atom. The molecule has 37 heavy (non-hydrogen) atoms. The second-order valence-corrected chi connectivity index (χ2v) is 8.94. The van der Waals surface area contributed by atoms with E-state index in [0.29, 0.717) is 51.1 Å². The first-order chi connectivity index (χ1) is 18.0. The number of hydrogen-bond acceptors (Lipinski definition) is 8. The maximum atomic E-state index is 13.9. The monoisotopic (exact) mass is 507 g/mol. The van der Waals surface area contributed by atoms with Crippen molar-refractivity contribution in [3.63, 3.8) is 0 Å². The minimum atomic E-state index is -1.11. The molecule has 0 unspecified atom stereocenters. The first-order valence-electron chi connectivity index (χ1n) is 11.9. The van der Waals surface area contributed by atoms with E-state index in [1.807, 2.05) is 18.2 Å². The molecular weight excluding hydrogens is 478 g/mol. The number of rotatable bonds is 7. The van der Waals surface area contributed by atoms with Gasteiger partial charge in [-0.2, -0.15) is 0 Å². The summed E-state index contributed by atoms with van der Waals surface area (Å²) in [5.74, 6) is -0.302. The van der Waals surface area contributed by atoms with Gasteiger partial charge >= 0.3 is 0 Å². The lowest BCUT2D eigenvalue weighted by Crippen LogP contribution is -2.43. The van der Waals surface area contributed by atoms with Gasteiger partial charge in [-0.25, -0.2) is 0 Å². The number of fused-ring (bicyclic) bond motifs is 2. The number of amides is 1. The molecule has 9 heteroatoms. The Morgan fingerprint density at radius 2 is 1.57 bits per heavy atom. The maximum absolute atomic E-state index is 13.9. The SMILES string of the molecule is COc1cc([C@H]2c3cc4c(cc3[C@@H](O)[C@H](CO)[C@H]2C(=O)Nc2ccccc2)OCO4)cc(OC)c1OC. The molecule has 0 bridgehead atoms. The molecule has 0 aromatic heterocycles. The van der Waals surface area contributed by atoms with E-state index >= 15 is 0 Å². The van der Waals surface area contributed by atoms with Crippen molar-refractivity contribution >= 4 is 11.6 Å². The van der Waals surface area contributed by atoms with Crippen LogP contribution in [0.5, 0.6) is 28.7 Å². The fourth-order valence-electron chi connectivity index (χ4n) is 5.34. The van der Waals surface area contributed by atoms with Crippen LogP contribution in [0.15, 0.2) is 54.6 Å². The highest BCUT2D eigenvalue weighted by molar-refractivity contribution is 5.94. The standard InChI is InChI=1S/C28H29NO8/c1-33-22-9-15(10-23(34-2)27(22)35-3)24-17-11-20-21(37-14-36-20)12-18(17)26(31)19(13-30)25(24)28(32)29-16-7-5-4-6-8-16/h4-12,19,24-26,30-31H,13-14H2,1-3H3,(H,29,32)/t19-,24+,25-,26-/m1/s1. The summed E-state index contributed by atoms with van der Waals surface area (Å²) in [6.45, 7) is -0.354. The van der Waals surface area contributed by atoms with Crippen LogP contribution in [0.2, 0.25) is 0 Å². The highest BCUT2D eigenvalue weighted by Crippen LogP contribution is 2.53. The highest BCUT2D eigenvalue weighted by Gasteiger charge is 2.47. The molecule has 2 aliphatic rings. The first kappa shape index (κ1) is 24.7. The number of aliphatic hydroxyl groups is 2. The van der Waals surface area contributed by atoms with Crippen LogP contribution >= 0.6 is 0 Å². The fourth-order valence-corrected chi connectivity index (χ4v) is 5.34. The molecular formula is C28H29NO8. The Balaban J connectivity index is 1.72. The average Bonchev–Trinajstić information content (AvgIpc) is 3.39. The van der Waals surface area contributed by atoms with Crippen LogP contribution in [0.1, 0.15) is 28.7 Å². The van der Waals surface area contributed by atoms with E-state index in [1.165, 1.54) is 21.3 Å². The number of hydrogen-bond donors (Lipinski definition) is 3. The molecule has 1 heterocycles. The van der Waals surface area contributed by atoms with Gasteiger partial charge in [-0.05, 0) is 53.1 Å². The molecule has 5 rings (SSSR count). The van der Waals surface area contributed by atoms with Crippen molar-refractivity contribution < 1.29 is 38.7 Å². The molecule has 0 saturated heterocycles. The van der Waals surface area contributed by atoms with E-state index in [2.05, 4.69) is 5.32 Å². The van der Waals surface area contributed by atoms with Crippen LogP contribution in [0, 0.1) is 11.8 Å². The Bertz CT molecular complexity index is 1270. The van der Waals surface area contributed by atoms with Gasteiger partial charge in [-0.3, -0.25) is 4.79 Å². The zero-order valence-electron chi connectivity index (χ0n) is 20.8. The van der Waals surface area contributed by atoms with Gasteiger partial charge in [-0.1, -0.05) is 18.2 Å². The smallest absolute Gasteiger partial charge is 0.231 e. The second-order valence-electron chi connectivity index (χ2n) is 8.94. The average molecular weight is 508 g/mol. The number of methoxy groups -OCH3 is 3. The summed E-state index contributed by atoms with van der Waals surface area (Å²) in [5.41, 5.74) is 2.54. The van der Waals surface area contributed by atoms with Crippen molar-refractivity contribution in [1.82, 2.24) is 0 Å². The summed E-state index contributed by atoms with van der Waals surface area (Å²) in [7, 11) is 4.56. The van der Waals surface area contributed by atoms with Crippen LogP contribution in [0.25, 0.3) is 0 Å². The number of para-hydroxylation sites is 1. The van der Waals surface area contributed by atoms with Gasteiger partial charge in [0.15, 0.2) is 23.0 Å². The van der Waals surface area contributed by atoms with E-state index in [-0.39, 0.29) is 12.7 Å². The number of aliphatic hydroxyl groups excluding tert-OH is 2. The first-order valence-corrected chi connectivity index (χ1v) is 11.9. The number of carbonyl (C=O) groups is 1. The number of benzene rings is 3. The Morgan fingerprint density at radius 3 is 2.14 bits per heavy atom. The third-order valence-electron chi connectivity index (χ3n) is 7.06. The number of carbonyl (C=O) groups excluding carboxylic acids is 1. The van der Waals surface area contributed by atoms with Gasteiger partial charge in [-0.15, -0.1) is 0 Å². The van der Waals surface area contributed by atoms with Gasteiger partial charge < -0.3 is 39.2 Å². The summed E-state index contributed by atoms with van der Waals surface area (Å²) in [6.07, 6.45) is -1.11. The van der Waals surface area contributed by atoms with Gasteiger partial charge in [0, 0.05) is 24.1 Å². The molecule has 3 N–H and O–H groups in total. The molecule has 0 spiro atoms. The Hall–Kier alpha value is -3.95. The summed E-state index contributed by atoms with van der Waals surface area (Å²) in [5, 5.41) is 24.8. The minimum Gasteiger partial charge on any atom is -0.493 e. The fraction of sp³-hybridized carbons (Fsp3) is 0.321. The van der Waals surface area contributed by atoms with Gasteiger partial charge in [0.2, 0.25) is 18.4 Å². The maximum Gasteiger partial charge on any atom is 0.231 e. The predicted molar refractivity (Wildman–Crippen MR) is 135 cm³/mol. The lowest BCUT2D eigenvalue weighted by Gasteiger charge is -2.41. The Kier molecular flexibility index (Phi) is 6.82. The molecule has 1 amide bonds. The third kappa shape index (κ3) is 4.30. The third-order valence-corrected chi connectivity index (χ3v) is 7.06. The largest absolute Gasteiger partial charge is 0.493 e. The quantitative estimate of drug-likeness (QED) is 0.445. The van der Waals surface area contributed by atoms with Crippen LogP contribution in [-0.4, -0.2) is 50.8 Å². The molecule has 4 atom stereocenters. The normalized spacial score (nSPS) is 21.6. The lowest BCUT2D eigenvalue weighted by atomic mass is 9.64. The second kappa shape index (κ2) is 10.2. The molecule has 3 aromatic carbocycles.